The lowest BCUT2D eigenvalue weighted by molar-refractivity contribution is 0.0159. The number of piperidine rings is 1. The van der Waals surface area contributed by atoms with Crippen LogP contribution in [0.2, 0.25) is 0 Å². The molecule has 0 radical (unpaired) electrons. The molecule has 1 amide bonds. The van der Waals surface area contributed by atoms with E-state index in [2.05, 4.69) is 33.0 Å². The number of sulfone groups is 1. The molecule has 2 aliphatic carbocycles. The molecular formula is C37H51FN4O4S. The molecule has 2 aromatic rings. The van der Waals surface area contributed by atoms with Crippen LogP contribution in [-0.2, 0) is 20.0 Å². The van der Waals surface area contributed by atoms with Crippen molar-refractivity contribution in [3.05, 3.63) is 59.9 Å². The number of nitrogens with one attached hydrogen (secondary N) is 1. The molecule has 8 nitrogen and oxygen atoms in total. The van der Waals surface area contributed by atoms with Crippen LogP contribution in [0.3, 0.4) is 0 Å². The van der Waals surface area contributed by atoms with Gasteiger partial charge in [0.05, 0.1) is 17.3 Å². The number of methoxy groups -OCH3 is 1. The Labute approximate surface area is 279 Å². The number of rotatable bonds is 11. The Morgan fingerprint density at radius 3 is 2.30 bits per heavy atom. The van der Waals surface area contributed by atoms with Crippen LogP contribution in [0.25, 0.3) is 0 Å². The first-order valence-corrected chi connectivity index (χ1v) is 19.3. The second kappa shape index (κ2) is 13.0. The van der Waals surface area contributed by atoms with Gasteiger partial charge in [0.2, 0.25) is 0 Å². The number of likely N-dealkylation sites (tertiary alicyclic amines) is 2. The van der Waals surface area contributed by atoms with Gasteiger partial charge in [-0.3, -0.25) is 0 Å². The van der Waals surface area contributed by atoms with Crippen molar-refractivity contribution in [2.45, 2.75) is 79.9 Å². The predicted octanol–water partition coefficient (Wildman–Crippen LogP) is 5.47. The number of hydrogen-bond acceptors (Lipinski definition) is 7. The van der Waals surface area contributed by atoms with Crippen molar-refractivity contribution in [3.63, 3.8) is 0 Å². The summed E-state index contributed by atoms with van der Waals surface area (Å²) in [6.45, 7) is 10.4. The van der Waals surface area contributed by atoms with Crippen molar-refractivity contribution in [3.8, 4) is 0 Å². The van der Waals surface area contributed by atoms with E-state index in [1.165, 1.54) is 13.5 Å². The van der Waals surface area contributed by atoms with Crippen LogP contribution >= 0.6 is 0 Å². The summed E-state index contributed by atoms with van der Waals surface area (Å²) in [5.41, 5.74) is 2.09. The third-order valence-electron chi connectivity index (χ3n) is 12.0. The first-order chi connectivity index (χ1) is 22.6. The van der Waals surface area contributed by atoms with Crippen LogP contribution < -0.4 is 10.2 Å². The van der Waals surface area contributed by atoms with Gasteiger partial charge < -0.3 is 24.8 Å². The summed E-state index contributed by atoms with van der Waals surface area (Å²) in [7, 11) is -1.74. The number of carbonyl (C=O) groups is 1. The smallest absolute Gasteiger partial charge is 0.407 e. The predicted molar refractivity (Wildman–Crippen MR) is 182 cm³/mol. The van der Waals surface area contributed by atoms with Crippen molar-refractivity contribution < 1.29 is 22.3 Å². The quantitative estimate of drug-likeness (QED) is 0.341. The number of hydrogen-bond donors (Lipinski definition) is 1. The van der Waals surface area contributed by atoms with Crippen LogP contribution in [0.1, 0.15) is 63.9 Å². The highest BCUT2D eigenvalue weighted by Gasteiger charge is 2.53. The minimum absolute atomic E-state index is 0.00720. The topological polar surface area (TPSA) is 82.2 Å². The van der Waals surface area contributed by atoms with Crippen molar-refractivity contribution in [2.75, 3.05) is 64.4 Å². The molecule has 0 bridgehead atoms. The zero-order valence-corrected chi connectivity index (χ0v) is 28.8. The molecule has 5 fully saturated rings. The maximum absolute atomic E-state index is 15.0. The van der Waals surface area contributed by atoms with Gasteiger partial charge in [0.15, 0.2) is 9.84 Å². The Balaban J connectivity index is 1.05. The fourth-order valence-electron chi connectivity index (χ4n) is 9.46. The maximum atomic E-state index is 15.0. The lowest BCUT2D eigenvalue weighted by atomic mass is 9.57. The van der Waals surface area contributed by atoms with E-state index >= 15 is 0 Å². The van der Waals surface area contributed by atoms with Crippen LogP contribution in [0.5, 0.6) is 0 Å². The molecule has 7 rings (SSSR count). The average molecular weight is 667 g/mol. The molecule has 3 aliphatic heterocycles. The van der Waals surface area contributed by atoms with Gasteiger partial charge in [0, 0.05) is 48.7 Å². The first-order valence-electron chi connectivity index (χ1n) is 17.7. The fraction of sp³-hybridized carbons (Fsp3) is 0.649. The highest BCUT2D eigenvalue weighted by atomic mass is 32.2. The lowest BCUT2D eigenvalue weighted by Crippen LogP contribution is -2.62. The monoisotopic (exact) mass is 666 g/mol. The summed E-state index contributed by atoms with van der Waals surface area (Å²) in [5.74, 6) is 0.399. The second-order valence-electron chi connectivity index (χ2n) is 15.4. The van der Waals surface area contributed by atoms with Gasteiger partial charge in [-0.15, -0.1) is 0 Å². The van der Waals surface area contributed by atoms with Crippen LogP contribution in [-0.4, -0.2) is 95.1 Å². The van der Waals surface area contributed by atoms with Crippen LogP contribution in [0.15, 0.2) is 53.4 Å². The van der Waals surface area contributed by atoms with Crippen LogP contribution in [0.4, 0.5) is 14.9 Å². The molecule has 2 aromatic carbocycles. The molecule has 0 unspecified atom stereocenters. The molecule has 3 atom stereocenters. The largest absolute Gasteiger partial charge is 0.453 e. The number of amides is 1. The van der Waals surface area contributed by atoms with Crippen molar-refractivity contribution >= 4 is 21.6 Å². The SMILES string of the molecule is COC(=O)N[C@H]1CCC[C@@H]1[C@](CN1CCC1)(c1cccc(F)c1)C1CCN(CC2(C)CN(c3ccc(S(=O)(=O)C4CC4)cc3)C2)CC1. The van der Waals surface area contributed by atoms with E-state index < -0.39 is 9.84 Å². The van der Waals surface area contributed by atoms with Gasteiger partial charge in [-0.25, -0.2) is 17.6 Å². The van der Waals surface area contributed by atoms with Gasteiger partial charge in [0.25, 0.3) is 0 Å². The summed E-state index contributed by atoms with van der Waals surface area (Å²) >= 11 is 0. The standard InChI is InChI=1S/C37H51FN4O4S/c1-36(24-42(25-36)30-10-12-31(13-11-30)47(44,45)32-14-15-32)23-41-20-16-27(17-21-41)37(26-40-18-5-19-40,28-6-3-7-29(38)22-28)33-8-4-9-34(33)39-35(43)46-2/h3,6-7,10-13,22,27,32-34H,4-5,8-9,14-21,23-26H2,1-2H3,(H,39,43)/t33-,34-,37-/m0/s1. The molecule has 0 aromatic heterocycles. The normalized spacial score (nSPS) is 26.7. The Bertz CT molecular complexity index is 1530. The van der Waals surface area contributed by atoms with E-state index in [0.29, 0.717) is 10.8 Å². The Morgan fingerprint density at radius 1 is 0.957 bits per heavy atom. The van der Waals surface area contributed by atoms with Crippen LogP contribution in [0, 0.1) is 23.1 Å². The third kappa shape index (κ3) is 6.54. The molecular weight excluding hydrogens is 615 g/mol. The number of ether oxygens (including phenoxy) is 1. The summed E-state index contributed by atoms with van der Waals surface area (Å²) in [4.78, 5) is 20.4. The number of alkyl carbamates (subject to hydrolysis) is 1. The molecule has 3 saturated heterocycles. The second-order valence-corrected chi connectivity index (χ2v) is 17.6. The number of halogens is 1. The average Bonchev–Trinajstić information content (AvgIpc) is 3.80. The van der Waals surface area contributed by atoms with Gasteiger partial charge in [0.1, 0.15) is 5.82 Å². The van der Waals surface area contributed by atoms with E-state index in [1.54, 1.807) is 24.3 Å². The minimum Gasteiger partial charge on any atom is -0.453 e. The number of benzene rings is 2. The summed E-state index contributed by atoms with van der Waals surface area (Å²) in [6, 6.07) is 14.8. The lowest BCUT2D eigenvalue weighted by Gasteiger charge is -2.55. The van der Waals surface area contributed by atoms with Gasteiger partial charge >= 0.3 is 6.09 Å². The van der Waals surface area contributed by atoms with E-state index in [-0.39, 0.29) is 40.0 Å². The zero-order chi connectivity index (χ0) is 32.8. The Morgan fingerprint density at radius 2 is 1.68 bits per heavy atom. The summed E-state index contributed by atoms with van der Waals surface area (Å²) < 4.78 is 45.2. The fourth-order valence-corrected chi connectivity index (χ4v) is 11.1. The Hall–Kier alpha value is -2.69. The first kappa shape index (κ1) is 32.8. The van der Waals surface area contributed by atoms with Gasteiger partial charge in [-0.2, -0.15) is 0 Å². The van der Waals surface area contributed by atoms with E-state index in [4.69, 9.17) is 4.74 Å². The molecule has 10 heteroatoms. The van der Waals surface area contributed by atoms with Crippen molar-refractivity contribution in [1.29, 1.82) is 0 Å². The van der Waals surface area contributed by atoms with Gasteiger partial charge in [-0.1, -0.05) is 25.5 Å². The number of nitrogens with zero attached hydrogens (tertiary/aromatic N) is 3. The van der Waals surface area contributed by atoms with Gasteiger partial charge in [-0.05, 0) is 125 Å². The van der Waals surface area contributed by atoms with E-state index in [9.17, 15) is 17.6 Å². The highest BCUT2D eigenvalue weighted by molar-refractivity contribution is 7.92. The van der Waals surface area contributed by atoms with Crippen molar-refractivity contribution in [1.82, 2.24) is 15.1 Å². The summed E-state index contributed by atoms with van der Waals surface area (Å²) in [6.07, 6.45) is 7.45. The maximum Gasteiger partial charge on any atom is 0.407 e. The molecule has 0 spiro atoms. The number of carbonyl (C=O) groups excluding carboxylic acids is 1. The molecule has 256 valence electrons. The van der Waals surface area contributed by atoms with Crippen molar-refractivity contribution in [2.24, 2.45) is 17.3 Å². The molecule has 5 aliphatic rings. The van der Waals surface area contributed by atoms with E-state index in [1.807, 2.05) is 18.2 Å². The Kier molecular flexibility index (Phi) is 9.06. The molecule has 2 saturated carbocycles. The molecule has 3 heterocycles. The minimum atomic E-state index is -3.17. The molecule has 1 N–H and O–H groups in total. The molecule has 47 heavy (non-hydrogen) atoms. The summed E-state index contributed by atoms with van der Waals surface area (Å²) in [5, 5.41) is 3.00. The zero-order valence-electron chi connectivity index (χ0n) is 28.0. The number of anilines is 1. The highest BCUT2D eigenvalue weighted by Crippen LogP contribution is 2.52. The van der Waals surface area contributed by atoms with E-state index in [0.717, 1.165) is 109 Å². The third-order valence-corrected chi connectivity index (χ3v) is 14.3.